The molecule has 0 saturated carbocycles. The van der Waals surface area contributed by atoms with Crippen LogP contribution in [-0.2, 0) is 6.42 Å². The van der Waals surface area contributed by atoms with Crippen molar-refractivity contribution in [3.8, 4) is 10.6 Å². The van der Waals surface area contributed by atoms with Crippen LogP contribution >= 0.6 is 11.3 Å². The third-order valence-electron chi connectivity index (χ3n) is 5.68. The number of aromatic nitrogens is 1. The zero-order valence-electron chi connectivity index (χ0n) is 17.9. The van der Waals surface area contributed by atoms with E-state index >= 15 is 0 Å². The molecule has 0 bridgehead atoms. The van der Waals surface area contributed by atoms with E-state index in [0.717, 1.165) is 5.56 Å². The highest BCUT2D eigenvalue weighted by Crippen LogP contribution is 2.35. The molecule has 8 heteroatoms. The predicted molar refractivity (Wildman–Crippen MR) is 128 cm³/mol. The molecule has 5 rings (SSSR count). The molecule has 0 spiro atoms. The first-order valence-corrected chi connectivity index (χ1v) is 11.6. The molecule has 34 heavy (non-hydrogen) atoms. The highest BCUT2D eigenvalue weighted by atomic mass is 32.1. The molecule has 2 heterocycles. The van der Waals surface area contributed by atoms with Gasteiger partial charge in [-0.05, 0) is 66.9 Å². The van der Waals surface area contributed by atoms with Crippen molar-refractivity contribution in [1.29, 1.82) is 0 Å². The van der Waals surface area contributed by atoms with E-state index in [1.165, 1.54) is 41.7 Å². The Morgan fingerprint density at radius 1 is 0.971 bits per heavy atom. The van der Waals surface area contributed by atoms with Gasteiger partial charge in [0.25, 0.3) is 11.8 Å². The number of hydrogen-bond acceptors (Lipinski definition) is 4. The van der Waals surface area contributed by atoms with Gasteiger partial charge in [-0.2, -0.15) is 0 Å². The summed E-state index contributed by atoms with van der Waals surface area (Å²) in [5.41, 5.74) is 3.10. The van der Waals surface area contributed by atoms with Crippen molar-refractivity contribution in [2.45, 2.75) is 12.8 Å². The van der Waals surface area contributed by atoms with Gasteiger partial charge in [-0.25, -0.2) is 13.8 Å². The van der Waals surface area contributed by atoms with E-state index < -0.39 is 5.82 Å². The lowest BCUT2D eigenvalue weighted by molar-refractivity contribution is 0.0980. The maximum absolute atomic E-state index is 14.1. The number of carbonyl (C=O) groups is 2. The van der Waals surface area contributed by atoms with Crippen molar-refractivity contribution in [1.82, 2.24) is 4.98 Å². The highest BCUT2D eigenvalue weighted by Gasteiger charge is 2.27. The number of fused-ring (bicyclic) bond motifs is 1. The topological polar surface area (TPSA) is 62.3 Å². The van der Waals surface area contributed by atoms with Crippen molar-refractivity contribution in [2.75, 3.05) is 16.8 Å². The third kappa shape index (κ3) is 4.20. The van der Waals surface area contributed by atoms with Crippen molar-refractivity contribution >= 4 is 34.5 Å². The van der Waals surface area contributed by atoms with Crippen LogP contribution < -0.4 is 10.2 Å². The number of nitrogens with zero attached hydrogens (tertiary/aromatic N) is 2. The van der Waals surface area contributed by atoms with Gasteiger partial charge in [0, 0.05) is 34.4 Å². The largest absolute Gasteiger partial charge is 0.322 e. The minimum atomic E-state index is -0.414. The van der Waals surface area contributed by atoms with Gasteiger partial charge in [0.05, 0.1) is 0 Å². The van der Waals surface area contributed by atoms with Crippen molar-refractivity contribution in [3.05, 3.63) is 101 Å². The second-order valence-corrected chi connectivity index (χ2v) is 8.70. The van der Waals surface area contributed by atoms with E-state index in [4.69, 9.17) is 0 Å². The molecule has 5 nitrogen and oxygen atoms in total. The fourth-order valence-electron chi connectivity index (χ4n) is 4.02. The number of nitrogens with one attached hydrogen (secondary N) is 1. The van der Waals surface area contributed by atoms with Crippen molar-refractivity contribution < 1.29 is 18.4 Å². The molecule has 0 saturated heterocycles. The van der Waals surface area contributed by atoms with E-state index in [-0.39, 0.29) is 23.3 Å². The first-order valence-electron chi connectivity index (χ1n) is 10.7. The minimum absolute atomic E-state index is 0.247. The molecular formula is C26H19F2N3O2S. The minimum Gasteiger partial charge on any atom is -0.322 e. The molecule has 0 radical (unpaired) electrons. The lowest BCUT2D eigenvalue weighted by Gasteiger charge is -2.30. The average molecular weight is 476 g/mol. The Balaban J connectivity index is 1.41. The van der Waals surface area contributed by atoms with Gasteiger partial charge in [-0.15, -0.1) is 11.3 Å². The van der Waals surface area contributed by atoms with Crippen LogP contribution in [-0.4, -0.2) is 23.3 Å². The zero-order chi connectivity index (χ0) is 23.7. The summed E-state index contributed by atoms with van der Waals surface area (Å²) in [4.78, 5) is 32.0. The molecule has 0 unspecified atom stereocenters. The van der Waals surface area contributed by atoms with Crippen LogP contribution in [0.25, 0.3) is 10.6 Å². The number of anilines is 2. The van der Waals surface area contributed by atoms with E-state index in [0.29, 0.717) is 46.9 Å². The monoisotopic (exact) mass is 475 g/mol. The molecule has 3 aromatic carbocycles. The number of halogens is 2. The fourth-order valence-corrected chi connectivity index (χ4v) is 4.84. The van der Waals surface area contributed by atoms with Crippen LogP contribution in [0.2, 0.25) is 0 Å². The van der Waals surface area contributed by atoms with E-state index in [1.54, 1.807) is 40.6 Å². The molecule has 0 aliphatic carbocycles. The van der Waals surface area contributed by atoms with Crippen LogP contribution in [0.4, 0.5) is 20.2 Å². The summed E-state index contributed by atoms with van der Waals surface area (Å²) in [5, 5.41) is 4.96. The Morgan fingerprint density at radius 2 is 1.76 bits per heavy atom. The molecule has 1 N–H and O–H groups in total. The number of thiazole rings is 1. The average Bonchev–Trinajstić information content (AvgIpc) is 3.34. The van der Waals surface area contributed by atoms with E-state index in [1.807, 2.05) is 6.07 Å². The van der Waals surface area contributed by atoms with Crippen molar-refractivity contribution in [3.63, 3.8) is 0 Å². The molecule has 0 atom stereocenters. The lowest BCUT2D eigenvalue weighted by Crippen LogP contribution is -2.36. The number of benzene rings is 3. The standard InChI is InChI=1S/C26H19F2N3O2S/c27-17-12-10-16(11-13-17)24(32)29-21-8-3-9-23-19(21)6-4-14-31(23)26(33)22-15-34-25(30-22)18-5-1-2-7-20(18)28/h1-3,5,7-13,15H,4,6,14H2,(H,29,32). The summed E-state index contributed by atoms with van der Waals surface area (Å²) in [6.45, 7) is 0.508. The van der Waals surface area contributed by atoms with Crippen LogP contribution in [0.15, 0.2) is 72.1 Å². The third-order valence-corrected chi connectivity index (χ3v) is 6.55. The van der Waals surface area contributed by atoms with Gasteiger partial charge in [0.15, 0.2) is 0 Å². The predicted octanol–water partition coefficient (Wildman–Crippen LogP) is 5.93. The van der Waals surface area contributed by atoms with Gasteiger partial charge >= 0.3 is 0 Å². The number of amides is 2. The lowest BCUT2D eigenvalue weighted by atomic mass is 9.99. The van der Waals surface area contributed by atoms with Gasteiger partial charge < -0.3 is 10.2 Å². The molecule has 0 fully saturated rings. The Morgan fingerprint density at radius 3 is 2.56 bits per heavy atom. The van der Waals surface area contributed by atoms with Gasteiger partial charge in [-0.1, -0.05) is 18.2 Å². The van der Waals surface area contributed by atoms with Crippen LogP contribution in [0.5, 0.6) is 0 Å². The maximum Gasteiger partial charge on any atom is 0.277 e. The Kier molecular flexibility index (Phi) is 5.90. The second-order valence-electron chi connectivity index (χ2n) is 7.84. The summed E-state index contributed by atoms with van der Waals surface area (Å²) in [6.07, 6.45) is 1.41. The second kappa shape index (κ2) is 9.15. The maximum atomic E-state index is 14.1. The van der Waals surface area contributed by atoms with E-state index in [2.05, 4.69) is 10.3 Å². The first kappa shape index (κ1) is 21.9. The fraction of sp³-hybridized carbons (Fsp3) is 0.115. The number of rotatable bonds is 4. The molecule has 1 aliphatic rings. The van der Waals surface area contributed by atoms with Crippen LogP contribution in [0.3, 0.4) is 0 Å². The molecule has 2 amide bonds. The van der Waals surface area contributed by atoms with Gasteiger partial charge in [-0.3, -0.25) is 9.59 Å². The van der Waals surface area contributed by atoms with Gasteiger partial charge in [0.1, 0.15) is 22.3 Å². The number of carbonyl (C=O) groups excluding carboxylic acids is 2. The van der Waals surface area contributed by atoms with Crippen molar-refractivity contribution in [2.24, 2.45) is 0 Å². The quantitative estimate of drug-likeness (QED) is 0.398. The van der Waals surface area contributed by atoms with Crippen LogP contribution in [0.1, 0.15) is 32.8 Å². The van der Waals surface area contributed by atoms with Gasteiger partial charge in [0.2, 0.25) is 0 Å². The summed E-state index contributed by atoms with van der Waals surface area (Å²) in [5.74, 6) is -1.43. The molecule has 4 aromatic rings. The normalized spacial score (nSPS) is 12.8. The summed E-state index contributed by atoms with van der Waals surface area (Å²) in [7, 11) is 0. The molecular weight excluding hydrogens is 456 g/mol. The Bertz CT molecular complexity index is 1390. The smallest absolute Gasteiger partial charge is 0.277 e. The molecule has 1 aromatic heterocycles. The summed E-state index contributed by atoms with van der Waals surface area (Å²) >= 11 is 1.22. The van der Waals surface area contributed by atoms with E-state index in [9.17, 15) is 18.4 Å². The number of hydrogen-bond donors (Lipinski definition) is 1. The zero-order valence-corrected chi connectivity index (χ0v) is 18.7. The summed E-state index contributed by atoms with van der Waals surface area (Å²) < 4.78 is 27.3. The van der Waals surface area contributed by atoms with Crippen LogP contribution in [0, 0.1) is 11.6 Å². The molecule has 170 valence electrons. The summed E-state index contributed by atoms with van der Waals surface area (Å²) in [6, 6.07) is 17.0. The Labute approximate surface area is 198 Å². The SMILES string of the molecule is O=C(Nc1cccc2c1CCCN2C(=O)c1csc(-c2ccccc2F)n1)c1ccc(F)cc1. The highest BCUT2D eigenvalue weighted by molar-refractivity contribution is 7.13. The first-order chi connectivity index (χ1) is 16.5. The Hall–Kier alpha value is -3.91. The molecule has 1 aliphatic heterocycles.